The highest BCUT2D eigenvalue weighted by molar-refractivity contribution is 9.10. The summed E-state index contributed by atoms with van der Waals surface area (Å²) in [6, 6.07) is 5.16. The quantitative estimate of drug-likeness (QED) is 0.823. The van der Waals surface area contributed by atoms with Gasteiger partial charge in [0.15, 0.2) is 0 Å². The van der Waals surface area contributed by atoms with E-state index in [1.165, 1.54) is 6.07 Å². The van der Waals surface area contributed by atoms with Gasteiger partial charge in [-0.2, -0.15) is 0 Å². The van der Waals surface area contributed by atoms with Gasteiger partial charge in [0.1, 0.15) is 5.82 Å². The molecule has 0 bridgehead atoms. The highest BCUT2D eigenvalue weighted by Crippen LogP contribution is 2.32. The fraction of sp³-hybridized carbons (Fsp3) is 0.625. The van der Waals surface area contributed by atoms with E-state index >= 15 is 0 Å². The fourth-order valence-corrected chi connectivity index (χ4v) is 3.26. The maximum absolute atomic E-state index is 13.5. The van der Waals surface area contributed by atoms with E-state index in [0.717, 1.165) is 55.5 Å². The molecule has 1 aromatic carbocycles. The molecule has 2 nitrogen and oxygen atoms in total. The van der Waals surface area contributed by atoms with Crippen molar-refractivity contribution in [3.8, 4) is 0 Å². The highest BCUT2D eigenvalue weighted by atomic mass is 79.9. The molecule has 0 amide bonds. The van der Waals surface area contributed by atoms with Gasteiger partial charge in [-0.05, 0) is 61.9 Å². The van der Waals surface area contributed by atoms with Crippen molar-refractivity contribution >= 4 is 15.9 Å². The van der Waals surface area contributed by atoms with E-state index in [9.17, 15) is 4.39 Å². The topological polar surface area (TPSA) is 21.3 Å². The maximum atomic E-state index is 13.5. The van der Waals surface area contributed by atoms with Crippen LogP contribution in [0.4, 0.5) is 4.39 Å². The van der Waals surface area contributed by atoms with Gasteiger partial charge in [0.25, 0.3) is 0 Å². The predicted octanol–water partition coefficient (Wildman–Crippen LogP) is 4.45. The molecule has 1 aliphatic heterocycles. The predicted molar refractivity (Wildman–Crippen MR) is 83.3 cm³/mol. The van der Waals surface area contributed by atoms with Crippen LogP contribution in [0.3, 0.4) is 0 Å². The largest absolute Gasteiger partial charge is 0.381 e. The van der Waals surface area contributed by atoms with Crippen LogP contribution >= 0.6 is 15.9 Å². The minimum atomic E-state index is -0.168. The summed E-state index contributed by atoms with van der Waals surface area (Å²) in [7, 11) is 0. The molecule has 1 fully saturated rings. The molecule has 112 valence electrons. The van der Waals surface area contributed by atoms with Crippen molar-refractivity contribution in [2.75, 3.05) is 19.8 Å². The number of rotatable bonds is 6. The third-order valence-corrected chi connectivity index (χ3v) is 4.61. The Hall–Kier alpha value is -0.450. The molecule has 1 aliphatic rings. The Bertz CT molecular complexity index is 421. The number of halogens is 2. The zero-order valence-electron chi connectivity index (χ0n) is 12.0. The molecule has 0 spiro atoms. The van der Waals surface area contributed by atoms with Crippen LogP contribution in [-0.4, -0.2) is 19.8 Å². The summed E-state index contributed by atoms with van der Waals surface area (Å²) in [5, 5.41) is 3.56. The Kier molecular flexibility index (Phi) is 6.46. The molecule has 0 aromatic heterocycles. The molecule has 1 heterocycles. The van der Waals surface area contributed by atoms with Gasteiger partial charge in [0.05, 0.1) is 0 Å². The minimum Gasteiger partial charge on any atom is -0.381 e. The van der Waals surface area contributed by atoms with Gasteiger partial charge < -0.3 is 10.1 Å². The van der Waals surface area contributed by atoms with Crippen LogP contribution < -0.4 is 5.32 Å². The number of benzene rings is 1. The van der Waals surface area contributed by atoms with E-state index in [-0.39, 0.29) is 11.9 Å². The van der Waals surface area contributed by atoms with Crippen LogP contribution in [0.1, 0.15) is 44.2 Å². The molecule has 1 aromatic rings. The summed E-state index contributed by atoms with van der Waals surface area (Å²) in [4.78, 5) is 0. The molecule has 0 radical (unpaired) electrons. The first-order valence-corrected chi connectivity index (χ1v) is 8.26. The fourth-order valence-electron chi connectivity index (χ4n) is 2.74. The molecular weight excluding hydrogens is 321 g/mol. The summed E-state index contributed by atoms with van der Waals surface area (Å²) in [6.07, 6.45) is 4.34. The second-order valence-corrected chi connectivity index (χ2v) is 6.32. The Morgan fingerprint density at radius 1 is 1.40 bits per heavy atom. The number of nitrogens with one attached hydrogen (secondary N) is 1. The molecule has 1 N–H and O–H groups in total. The maximum Gasteiger partial charge on any atom is 0.123 e. The van der Waals surface area contributed by atoms with E-state index in [2.05, 4.69) is 28.2 Å². The van der Waals surface area contributed by atoms with Crippen molar-refractivity contribution in [1.29, 1.82) is 0 Å². The van der Waals surface area contributed by atoms with Gasteiger partial charge in [-0.15, -0.1) is 0 Å². The Balaban J connectivity index is 2.10. The molecule has 1 saturated heterocycles. The minimum absolute atomic E-state index is 0.168. The highest BCUT2D eigenvalue weighted by Gasteiger charge is 2.22. The first kappa shape index (κ1) is 15.9. The van der Waals surface area contributed by atoms with Crippen LogP contribution in [0, 0.1) is 11.7 Å². The average molecular weight is 344 g/mol. The van der Waals surface area contributed by atoms with E-state index in [1.807, 2.05) is 0 Å². The smallest absolute Gasteiger partial charge is 0.123 e. The van der Waals surface area contributed by atoms with Crippen molar-refractivity contribution in [3.05, 3.63) is 34.1 Å². The SMILES string of the molecule is CCCNC(CC1CCOCC1)c1cc(F)ccc1Br. The third-order valence-electron chi connectivity index (χ3n) is 3.88. The molecule has 1 unspecified atom stereocenters. The summed E-state index contributed by atoms with van der Waals surface area (Å²) in [6.45, 7) is 4.82. The van der Waals surface area contributed by atoms with Gasteiger partial charge in [-0.3, -0.25) is 0 Å². The lowest BCUT2D eigenvalue weighted by Gasteiger charge is -2.28. The lowest BCUT2D eigenvalue weighted by molar-refractivity contribution is 0.0605. The molecule has 4 heteroatoms. The monoisotopic (exact) mass is 343 g/mol. The van der Waals surface area contributed by atoms with Gasteiger partial charge in [-0.1, -0.05) is 22.9 Å². The van der Waals surface area contributed by atoms with Crippen LogP contribution in [0.5, 0.6) is 0 Å². The van der Waals surface area contributed by atoms with E-state index < -0.39 is 0 Å². The molecule has 20 heavy (non-hydrogen) atoms. The van der Waals surface area contributed by atoms with E-state index in [1.54, 1.807) is 12.1 Å². The van der Waals surface area contributed by atoms with Crippen molar-refractivity contribution in [2.45, 2.75) is 38.6 Å². The van der Waals surface area contributed by atoms with Crippen molar-refractivity contribution in [3.63, 3.8) is 0 Å². The molecule has 1 atom stereocenters. The number of ether oxygens (including phenoxy) is 1. The number of hydrogen-bond acceptors (Lipinski definition) is 2. The van der Waals surface area contributed by atoms with Crippen LogP contribution in [0.2, 0.25) is 0 Å². The van der Waals surface area contributed by atoms with E-state index in [0.29, 0.717) is 5.92 Å². The van der Waals surface area contributed by atoms with Gasteiger partial charge in [-0.25, -0.2) is 4.39 Å². The Morgan fingerprint density at radius 3 is 2.85 bits per heavy atom. The summed E-state index contributed by atoms with van der Waals surface area (Å²) in [5.74, 6) is 0.492. The number of hydrogen-bond donors (Lipinski definition) is 1. The Morgan fingerprint density at radius 2 is 2.15 bits per heavy atom. The summed E-state index contributed by atoms with van der Waals surface area (Å²) < 4.78 is 19.9. The molecular formula is C16H23BrFNO. The van der Waals surface area contributed by atoms with Gasteiger partial charge >= 0.3 is 0 Å². The molecule has 0 saturated carbocycles. The normalized spacial score (nSPS) is 18.1. The van der Waals surface area contributed by atoms with Gasteiger partial charge in [0.2, 0.25) is 0 Å². The first-order chi connectivity index (χ1) is 9.70. The van der Waals surface area contributed by atoms with E-state index in [4.69, 9.17) is 4.74 Å². The van der Waals surface area contributed by atoms with Crippen molar-refractivity contribution in [2.24, 2.45) is 5.92 Å². The standard InChI is InChI=1S/C16H23BrFNO/c1-2-7-19-16(10-12-5-8-20-9-6-12)14-11-13(18)3-4-15(14)17/h3-4,11-12,16,19H,2,5-10H2,1H3. The zero-order chi connectivity index (χ0) is 14.4. The Labute approximate surface area is 129 Å². The molecule has 0 aliphatic carbocycles. The van der Waals surface area contributed by atoms with Crippen LogP contribution in [0.25, 0.3) is 0 Å². The van der Waals surface area contributed by atoms with Crippen molar-refractivity contribution in [1.82, 2.24) is 5.32 Å². The summed E-state index contributed by atoms with van der Waals surface area (Å²) in [5.41, 5.74) is 1.03. The van der Waals surface area contributed by atoms with Crippen LogP contribution in [-0.2, 0) is 4.74 Å². The summed E-state index contributed by atoms with van der Waals surface area (Å²) >= 11 is 3.56. The van der Waals surface area contributed by atoms with Crippen LogP contribution in [0.15, 0.2) is 22.7 Å². The third kappa shape index (κ3) is 4.54. The molecule has 2 rings (SSSR count). The second kappa shape index (κ2) is 8.11. The van der Waals surface area contributed by atoms with Crippen molar-refractivity contribution < 1.29 is 9.13 Å². The first-order valence-electron chi connectivity index (χ1n) is 7.46. The lowest BCUT2D eigenvalue weighted by atomic mass is 9.89. The second-order valence-electron chi connectivity index (χ2n) is 5.46. The zero-order valence-corrected chi connectivity index (χ0v) is 13.6. The van der Waals surface area contributed by atoms with Gasteiger partial charge in [0, 0.05) is 23.7 Å². The lowest BCUT2D eigenvalue weighted by Crippen LogP contribution is -2.27. The average Bonchev–Trinajstić information content (AvgIpc) is 2.47.